The molecule has 1 aromatic heterocycles. The van der Waals surface area contributed by atoms with E-state index >= 15 is 0 Å². The third-order valence-electron chi connectivity index (χ3n) is 3.99. The van der Waals surface area contributed by atoms with Crippen LogP contribution in [0.5, 0.6) is 28.7 Å². The standard InChI is InChI=1S/C18H16O7/c1-8-11(20)7-13-14(15(8)21)16(22)18(24-3)17(25-13)9-4-5-10(19)12(6-9)23-2/h4-7,19-21H,1-3H3. The van der Waals surface area contributed by atoms with Gasteiger partial charge in [0.2, 0.25) is 11.2 Å². The number of hydrogen-bond acceptors (Lipinski definition) is 7. The third kappa shape index (κ3) is 2.50. The van der Waals surface area contributed by atoms with Crippen LogP contribution in [0.15, 0.2) is 33.5 Å². The minimum atomic E-state index is -0.577. The Morgan fingerprint density at radius 2 is 1.72 bits per heavy atom. The molecule has 25 heavy (non-hydrogen) atoms. The summed E-state index contributed by atoms with van der Waals surface area (Å²) in [6.07, 6.45) is 0. The number of fused-ring (bicyclic) bond motifs is 1. The zero-order valence-corrected chi connectivity index (χ0v) is 13.8. The quantitative estimate of drug-likeness (QED) is 0.670. The molecule has 2 aromatic carbocycles. The molecule has 0 saturated heterocycles. The molecule has 130 valence electrons. The summed E-state index contributed by atoms with van der Waals surface area (Å²) in [5, 5.41) is 29.7. The lowest BCUT2D eigenvalue weighted by Gasteiger charge is -2.12. The summed E-state index contributed by atoms with van der Waals surface area (Å²) < 4.78 is 16.0. The van der Waals surface area contributed by atoms with Gasteiger partial charge in [0, 0.05) is 17.2 Å². The molecule has 3 rings (SSSR count). The first-order valence-corrected chi connectivity index (χ1v) is 7.32. The molecule has 0 aliphatic rings. The van der Waals surface area contributed by atoms with Crippen molar-refractivity contribution in [2.24, 2.45) is 0 Å². The Morgan fingerprint density at radius 3 is 2.36 bits per heavy atom. The van der Waals surface area contributed by atoms with Crippen LogP contribution >= 0.6 is 0 Å². The van der Waals surface area contributed by atoms with Crippen molar-refractivity contribution in [3.05, 3.63) is 40.1 Å². The topological polar surface area (TPSA) is 109 Å². The van der Waals surface area contributed by atoms with Gasteiger partial charge >= 0.3 is 0 Å². The molecule has 0 bridgehead atoms. The number of phenolic OH excluding ortho intramolecular Hbond substituents is 3. The number of phenols is 3. The van der Waals surface area contributed by atoms with Crippen LogP contribution in [0.1, 0.15) is 5.56 Å². The average Bonchev–Trinajstić information content (AvgIpc) is 2.59. The summed E-state index contributed by atoms with van der Waals surface area (Å²) in [6, 6.07) is 5.66. The first-order valence-electron chi connectivity index (χ1n) is 7.32. The maximum absolute atomic E-state index is 12.8. The molecule has 0 unspecified atom stereocenters. The third-order valence-corrected chi connectivity index (χ3v) is 3.99. The fourth-order valence-corrected chi connectivity index (χ4v) is 2.60. The average molecular weight is 344 g/mol. The number of benzene rings is 2. The second-order valence-corrected chi connectivity index (χ2v) is 5.42. The van der Waals surface area contributed by atoms with Gasteiger partial charge in [0.15, 0.2) is 17.3 Å². The smallest absolute Gasteiger partial charge is 0.239 e. The Labute approximate surface area is 142 Å². The maximum atomic E-state index is 12.8. The van der Waals surface area contributed by atoms with Crippen molar-refractivity contribution in [1.29, 1.82) is 0 Å². The Hall–Kier alpha value is -3.35. The second-order valence-electron chi connectivity index (χ2n) is 5.42. The normalized spacial score (nSPS) is 10.8. The molecular formula is C18H16O7. The monoisotopic (exact) mass is 344 g/mol. The van der Waals surface area contributed by atoms with E-state index in [1.165, 1.54) is 45.4 Å². The number of rotatable bonds is 3. The lowest BCUT2D eigenvalue weighted by molar-refractivity contribution is 0.373. The minimum absolute atomic E-state index is 0.00782. The van der Waals surface area contributed by atoms with E-state index in [0.29, 0.717) is 5.56 Å². The van der Waals surface area contributed by atoms with Crippen LogP contribution in [0.3, 0.4) is 0 Å². The van der Waals surface area contributed by atoms with E-state index in [2.05, 4.69) is 0 Å². The first kappa shape index (κ1) is 16.5. The van der Waals surface area contributed by atoms with Crippen molar-refractivity contribution < 1.29 is 29.2 Å². The predicted octanol–water partition coefficient (Wildman–Crippen LogP) is 2.90. The molecule has 0 fully saturated rings. The van der Waals surface area contributed by atoms with Crippen LogP contribution in [0.4, 0.5) is 0 Å². The van der Waals surface area contributed by atoms with Crippen molar-refractivity contribution >= 4 is 11.0 Å². The van der Waals surface area contributed by atoms with Gasteiger partial charge in [0.25, 0.3) is 0 Å². The van der Waals surface area contributed by atoms with Gasteiger partial charge in [0.1, 0.15) is 22.5 Å². The number of hydrogen-bond donors (Lipinski definition) is 3. The van der Waals surface area contributed by atoms with Crippen LogP contribution in [0.2, 0.25) is 0 Å². The Bertz CT molecular complexity index is 1030. The lowest BCUT2D eigenvalue weighted by atomic mass is 10.1. The predicted molar refractivity (Wildman–Crippen MR) is 90.8 cm³/mol. The van der Waals surface area contributed by atoms with Gasteiger partial charge in [-0.15, -0.1) is 0 Å². The largest absolute Gasteiger partial charge is 0.507 e. The van der Waals surface area contributed by atoms with Crippen LogP contribution < -0.4 is 14.9 Å². The highest BCUT2D eigenvalue weighted by molar-refractivity contribution is 5.89. The van der Waals surface area contributed by atoms with Gasteiger partial charge in [-0.2, -0.15) is 0 Å². The fourth-order valence-electron chi connectivity index (χ4n) is 2.60. The van der Waals surface area contributed by atoms with Gasteiger partial charge in [-0.1, -0.05) is 0 Å². The molecule has 0 aliphatic carbocycles. The van der Waals surface area contributed by atoms with E-state index in [9.17, 15) is 20.1 Å². The van der Waals surface area contributed by atoms with E-state index in [4.69, 9.17) is 13.9 Å². The van der Waals surface area contributed by atoms with Crippen molar-refractivity contribution in [3.63, 3.8) is 0 Å². The SMILES string of the molecule is COc1cc(-c2oc3cc(O)c(C)c(O)c3c(=O)c2OC)ccc1O. The summed E-state index contributed by atoms with van der Waals surface area (Å²) >= 11 is 0. The molecule has 0 amide bonds. The van der Waals surface area contributed by atoms with Gasteiger partial charge in [-0.3, -0.25) is 4.79 Å². The number of ether oxygens (including phenoxy) is 2. The first-order chi connectivity index (χ1) is 11.9. The fraction of sp³-hybridized carbons (Fsp3) is 0.167. The van der Waals surface area contributed by atoms with E-state index in [1.54, 1.807) is 0 Å². The van der Waals surface area contributed by atoms with Crippen LogP contribution in [-0.2, 0) is 0 Å². The Kier molecular flexibility index (Phi) is 3.92. The zero-order chi connectivity index (χ0) is 18.3. The molecule has 0 saturated carbocycles. The van der Waals surface area contributed by atoms with Crippen LogP contribution in [-0.4, -0.2) is 29.5 Å². The summed E-state index contributed by atoms with van der Waals surface area (Å²) in [4.78, 5) is 12.8. The van der Waals surface area contributed by atoms with E-state index in [1.807, 2.05) is 0 Å². The maximum Gasteiger partial charge on any atom is 0.239 e. The minimum Gasteiger partial charge on any atom is -0.507 e. The summed E-state index contributed by atoms with van der Waals surface area (Å²) in [6.45, 7) is 1.48. The van der Waals surface area contributed by atoms with Crippen molar-refractivity contribution in [1.82, 2.24) is 0 Å². The van der Waals surface area contributed by atoms with Crippen LogP contribution in [0.25, 0.3) is 22.3 Å². The molecule has 0 atom stereocenters. The zero-order valence-electron chi connectivity index (χ0n) is 13.8. The highest BCUT2D eigenvalue weighted by Gasteiger charge is 2.22. The summed E-state index contributed by atoms with van der Waals surface area (Å²) in [5.41, 5.74) is 0.0193. The van der Waals surface area contributed by atoms with E-state index in [-0.39, 0.29) is 51.0 Å². The van der Waals surface area contributed by atoms with Crippen molar-refractivity contribution in [3.8, 4) is 40.1 Å². The van der Waals surface area contributed by atoms with E-state index < -0.39 is 5.43 Å². The summed E-state index contributed by atoms with van der Waals surface area (Å²) in [5.74, 6) is -0.470. The van der Waals surface area contributed by atoms with Crippen molar-refractivity contribution in [2.75, 3.05) is 14.2 Å². The highest BCUT2D eigenvalue weighted by Crippen LogP contribution is 2.39. The lowest BCUT2D eigenvalue weighted by Crippen LogP contribution is -2.08. The Balaban J connectivity index is 2.40. The van der Waals surface area contributed by atoms with Crippen LogP contribution in [0, 0.1) is 6.92 Å². The molecule has 7 heteroatoms. The Morgan fingerprint density at radius 1 is 1.00 bits per heavy atom. The number of aromatic hydroxyl groups is 3. The van der Waals surface area contributed by atoms with Gasteiger partial charge in [-0.05, 0) is 25.1 Å². The highest BCUT2D eigenvalue weighted by atomic mass is 16.5. The van der Waals surface area contributed by atoms with Gasteiger partial charge in [0.05, 0.1) is 14.2 Å². The second kappa shape index (κ2) is 5.94. The molecule has 1 heterocycles. The molecule has 3 aromatic rings. The molecule has 0 aliphatic heterocycles. The van der Waals surface area contributed by atoms with Crippen molar-refractivity contribution in [2.45, 2.75) is 6.92 Å². The molecular weight excluding hydrogens is 328 g/mol. The van der Waals surface area contributed by atoms with Gasteiger partial charge < -0.3 is 29.2 Å². The summed E-state index contributed by atoms with van der Waals surface area (Å²) in [7, 11) is 2.70. The van der Waals surface area contributed by atoms with Gasteiger partial charge in [-0.25, -0.2) is 0 Å². The molecule has 3 N–H and O–H groups in total. The van der Waals surface area contributed by atoms with E-state index in [0.717, 1.165) is 0 Å². The number of methoxy groups -OCH3 is 2. The molecule has 7 nitrogen and oxygen atoms in total. The molecule has 0 radical (unpaired) electrons. The molecule has 0 spiro atoms.